The van der Waals surface area contributed by atoms with Gasteiger partial charge in [-0.3, -0.25) is 9.88 Å². The van der Waals surface area contributed by atoms with Gasteiger partial charge in [0.1, 0.15) is 5.75 Å². The number of rotatable bonds is 4. The summed E-state index contributed by atoms with van der Waals surface area (Å²) >= 11 is 3.65. The second kappa shape index (κ2) is 7.22. The van der Waals surface area contributed by atoms with Crippen LogP contribution in [0.4, 0.5) is 0 Å². The van der Waals surface area contributed by atoms with E-state index in [0.29, 0.717) is 6.04 Å². The Labute approximate surface area is 139 Å². The highest BCUT2D eigenvalue weighted by molar-refractivity contribution is 9.10. The molecule has 5 heteroatoms. The van der Waals surface area contributed by atoms with Gasteiger partial charge >= 0.3 is 0 Å². The summed E-state index contributed by atoms with van der Waals surface area (Å²) < 4.78 is 6.48. The molecule has 1 unspecified atom stereocenters. The van der Waals surface area contributed by atoms with Crippen molar-refractivity contribution in [3.05, 3.63) is 58.3 Å². The van der Waals surface area contributed by atoms with E-state index < -0.39 is 0 Å². The van der Waals surface area contributed by atoms with Crippen molar-refractivity contribution in [3.63, 3.8) is 0 Å². The number of nitrogens with zero attached hydrogens (tertiary/aromatic N) is 2. The van der Waals surface area contributed by atoms with Crippen molar-refractivity contribution in [2.45, 2.75) is 12.6 Å². The lowest BCUT2D eigenvalue weighted by molar-refractivity contribution is 0.153. The number of hydrogen-bond donors (Lipinski definition) is 1. The van der Waals surface area contributed by atoms with Gasteiger partial charge in [-0.2, -0.15) is 0 Å². The number of pyridine rings is 1. The van der Waals surface area contributed by atoms with E-state index in [1.807, 2.05) is 18.5 Å². The Balaban J connectivity index is 1.83. The number of halogens is 1. The van der Waals surface area contributed by atoms with E-state index in [0.717, 1.165) is 36.4 Å². The first-order chi connectivity index (χ1) is 10.8. The van der Waals surface area contributed by atoms with Gasteiger partial charge in [0.15, 0.2) is 0 Å². The zero-order chi connectivity index (χ0) is 15.4. The fourth-order valence-electron chi connectivity index (χ4n) is 2.87. The summed E-state index contributed by atoms with van der Waals surface area (Å²) in [5.74, 6) is 0.897. The Kier molecular flexibility index (Phi) is 5.08. The zero-order valence-corrected chi connectivity index (χ0v) is 14.2. The lowest BCUT2D eigenvalue weighted by Crippen LogP contribution is -2.45. The molecule has 1 aliphatic heterocycles. The summed E-state index contributed by atoms with van der Waals surface area (Å²) in [7, 11) is 1.71. The van der Waals surface area contributed by atoms with Gasteiger partial charge < -0.3 is 10.1 Å². The lowest BCUT2D eigenvalue weighted by Gasteiger charge is -2.36. The lowest BCUT2D eigenvalue weighted by atomic mass is 10.0. The normalized spacial score (nSPS) is 19.1. The summed E-state index contributed by atoms with van der Waals surface area (Å²) in [6.07, 6.45) is 3.73. The largest absolute Gasteiger partial charge is 0.497 e. The first-order valence-corrected chi connectivity index (χ1v) is 8.24. The van der Waals surface area contributed by atoms with Crippen LogP contribution in [0.15, 0.2) is 47.2 Å². The van der Waals surface area contributed by atoms with Crippen LogP contribution in [0, 0.1) is 0 Å². The Morgan fingerprint density at radius 2 is 2.14 bits per heavy atom. The maximum absolute atomic E-state index is 5.35. The monoisotopic (exact) mass is 361 g/mol. The molecule has 1 atom stereocenters. The van der Waals surface area contributed by atoms with E-state index in [4.69, 9.17) is 4.74 Å². The van der Waals surface area contributed by atoms with Gasteiger partial charge in [0.05, 0.1) is 7.11 Å². The number of piperazine rings is 1. The van der Waals surface area contributed by atoms with E-state index in [1.54, 1.807) is 7.11 Å². The molecule has 1 aromatic carbocycles. The topological polar surface area (TPSA) is 37.4 Å². The standard InChI is InChI=1S/C17H20BrN3O/c1-22-15-2-3-16(18)14(10-15)12-21-9-8-20-11-17(21)13-4-6-19-7-5-13/h2-7,10,17,20H,8-9,11-12H2,1H3. The summed E-state index contributed by atoms with van der Waals surface area (Å²) in [6.45, 7) is 3.90. The third-order valence-corrected chi connectivity index (χ3v) is 4.85. The van der Waals surface area contributed by atoms with Crippen LogP contribution < -0.4 is 10.1 Å². The van der Waals surface area contributed by atoms with Crippen molar-refractivity contribution in [2.24, 2.45) is 0 Å². The van der Waals surface area contributed by atoms with Crippen molar-refractivity contribution in [1.29, 1.82) is 0 Å². The van der Waals surface area contributed by atoms with Crippen molar-refractivity contribution in [3.8, 4) is 5.75 Å². The Hall–Kier alpha value is -1.43. The second-order valence-corrected chi connectivity index (χ2v) is 6.28. The van der Waals surface area contributed by atoms with Gasteiger partial charge in [0.25, 0.3) is 0 Å². The molecule has 0 radical (unpaired) electrons. The average molecular weight is 362 g/mol. The van der Waals surface area contributed by atoms with Crippen LogP contribution in [0.5, 0.6) is 5.75 Å². The van der Waals surface area contributed by atoms with E-state index in [9.17, 15) is 0 Å². The molecule has 1 saturated heterocycles. The highest BCUT2D eigenvalue weighted by Gasteiger charge is 2.24. The molecule has 2 heterocycles. The first kappa shape index (κ1) is 15.5. The molecule has 0 spiro atoms. The molecule has 116 valence electrons. The van der Waals surface area contributed by atoms with E-state index in [1.165, 1.54) is 11.1 Å². The van der Waals surface area contributed by atoms with Crippen molar-refractivity contribution < 1.29 is 4.74 Å². The predicted molar refractivity (Wildman–Crippen MR) is 91.0 cm³/mol. The van der Waals surface area contributed by atoms with Gasteiger partial charge in [-0.1, -0.05) is 15.9 Å². The van der Waals surface area contributed by atoms with Crippen LogP contribution in [0.3, 0.4) is 0 Å². The van der Waals surface area contributed by atoms with Gasteiger partial charge in [0, 0.05) is 49.1 Å². The maximum Gasteiger partial charge on any atom is 0.119 e. The highest BCUT2D eigenvalue weighted by Crippen LogP contribution is 2.28. The zero-order valence-electron chi connectivity index (χ0n) is 12.6. The molecule has 3 rings (SSSR count). The minimum Gasteiger partial charge on any atom is -0.497 e. The van der Waals surface area contributed by atoms with Crippen molar-refractivity contribution in [1.82, 2.24) is 15.2 Å². The van der Waals surface area contributed by atoms with E-state index in [-0.39, 0.29) is 0 Å². The Bertz CT molecular complexity index is 621. The molecule has 1 aliphatic rings. The van der Waals surface area contributed by atoms with Crippen LogP contribution in [-0.4, -0.2) is 36.6 Å². The van der Waals surface area contributed by atoms with Gasteiger partial charge in [-0.25, -0.2) is 0 Å². The fraction of sp³-hybridized carbons (Fsp3) is 0.353. The Morgan fingerprint density at radius 1 is 1.32 bits per heavy atom. The molecular weight excluding hydrogens is 342 g/mol. The molecule has 1 fully saturated rings. The molecular formula is C17H20BrN3O. The van der Waals surface area contributed by atoms with Crippen LogP contribution in [0.25, 0.3) is 0 Å². The summed E-state index contributed by atoms with van der Waals surface area (Å²) in [5.41, 5.74) is 2.56. The number of benzene rings is 1. The minimum atomic E-state index is 0.370. The minimum absolute atomic E-state index is 0.370. The van der Waals surface area contributed by atoms with Crippen molar-refractivity contribution in [2.75, 3.05) is 26.7 Å². The number of aromatic nitrogens is 1. The fourth-order valence-corrected chi connectivity index (χ4v) is 3.24. The third-order valence-electron chi connectivity index (χ3n) is 4.07. The second-order valence-electron chi connectivity index (χ2n) is 5.43. The molecule has 2 aromatic rings. The molecule has 0 saturated carbocycles. The smallest absolute Gasteiger partial charge is 0.119 e. The van der Waals surface area contributed by atoms with Gasteiger partial charge in [0.2, 0.25) is 0 Å². The number of methoxy groups -OCH3 is 1. The van der Waals surface area contributed by atoms with Crippen LogP contribution in [-0.2, 0) is 6.54 Å². The van der Waals surface area contributed by atoms with Gasteiger partial charge in [-0.15, -0.1) is 0 Å². The predicted octanol–water partition coefficient (Wildman–Crippen LogP) is 3.00. The van der Waals surface area contributed by atoms with E-state index in [2.05, 4.69) is 55.4 Å². The molecule has 0 amide bonds. The SMILES string of the molecule is COc1ccc(Br)c(CN2CCNCC2c2ccncc2)c1. The molecule has 22 heavy (non-hydrogen) atoms. The highest BCUT2D eigenvalue weighted by atomic mass is 79.9. The molecule has 0 aliphatic carbocycles. The maximum atomic E-state index is 5.35. The third kappa shape index (κ3) is 3.48. The van der Waals surface area contributed by atoms with Crippen LogP contribution in [0.1, 0.15) is 17.2 Å². The molecule has 4 nitrogen and oxygen atoms in total. The first-order valence-electron chi connectivity index (χ1n) is 7.45. The quantitative estimate of drug-likeness (QED) is 0.908. The average Bonchev–Trinajstić information content (AvgIpc) is 2.58. The molecule has 0 bridgehead atoms. The van der Waals surface area contributed by atoms with Crippen LogP contribution >= 0.6 is 15.9 Å². The van der Waals surface area contributed by atoms with Crippen molar-refractivity contribution >= 4 is 15.9 Å². The summed E-state index contributed by atoms with van der Waals surface area (Å²) in [5, 5.41) is 3.49. The Morgan fingerprint density at radius 3 is 2.91 bits per heavy atom. The van der Waals surface area contributed by atoms with Gasteiger partial charge in [-0.05, 0) is 41.5 Å². The molecule has 1 N–H and O–H groups in total. The number of ether oxygens (including phenoxy) is 1. The summed E-state index contributed by atoms with van der Waals surface area (Å²) in [4.78, 5) is 6.63. The number of nitrogens with one attached hydrogen (secondary N) is 1. The summed E-state index contributed by atoms with van der Waals surface area (Å²) in [6, 6.07) is 10.7. The molecule has 1 aromatic heterocycles. The van der Waals surface area contributed by atoms with Crippen LogP contribution in [0.2, 0.25) is 0 Å². The number of hydrogen-bond acceptors (Lipinski definition) is 4. The van der Waals surface area contributed by atoms with E-state index >= 15 is 0 Å².